The summed E-state index contributed by atoms with van der Waals surface area (Å²) in [4.78, 5) is 12.7. The van der Waals surface area contributed by atoms with Gasteiger partial charge in [0.25, 0.3) is 0 Å². The van der Waals surface area contributed by atoms with E-state index in [0.717, 1.165) is 40.1 Å². The average Bonchev–Trinajstić information content (AvgIpc) is 3.17. The fourth-order valence-corrected chi connectivity index (χ4v) is 3.46. The van der Waals surface area contributed by atoms with Crippen molar-refractivity contribution in [1.29, 1.82) is 0 Å². The van der Waals surface area contributed by atoms with Crippen molar-refractivity contribution in [2.45, 2.75) is 26.7 Å². The Hall–Kier alpha value is -2.94. The molecule has 0 aliphatic heterocycles. The van der Waals surface area contributed by atoms with Gasteiger partial charge in [-0.3, -0.25) is 4.79 Å². The number of carbonyl (C=O) groups excluding carboxylic acids is 1. The number of ketones is 1. The Bertz CT molecular complexity index is 980. The maximum absolute atomic E-state index is 12.7. The molecule has 26 heavy (non-hydrogen) atoms. The summed E-state index contributed by atoms with van der Waals surface area (Å²) in [6.45, 7) is 4.38. The van der Waals surface area contributed by atoms with Crippen LogP contribution >= 0.6 is 0 Å². The number of aromatic nitrogens is 2. The minimum absolute atomic E-state index is 0.142. The highest BCUT2D eigenvalue weighted by Crippen LogP contribution is 2.28. The number of Topliss-reactive ketones (excluding diaryl/α,β-unsaturated/α-hetero) is 1. The lowest BCUT2D eigenvalue weighted by Crippen LogP contribution is -2.00. The number of benzene rings is 2. The van der Waals surface area contributed by atoms with Crippen molar-refractivity contribution in [1.82, 2.24) is 9.78 Å². The van der Waals surface area contributed by atoms with Crippen LogP contribution in [0.15, 0.2) is 66.4 Å². The molecule has 0 radical (unpaired) electrons. The summed E-state index contributed by atoms with van der Waals surface area (Å²) in [6, 6.07) is 18.0. The van der Waals surface area contributed by atoms with Gasteiger partial charge in [-0.05, 0) is 36.1 Å². The summed E-state index contributed by atoms with van der Waals surface area (Å²) in [6.07, 6.45) is 5.66. The molecular weight excluding hydrogens is 320 g/mol. The van der Waals surface area contributed by atoms with Crippen molar-refractivity contribution in [2.75, 3.05) is 0 Å². The average molecular weight is 342 g/mol. The fraction of sp³-hybridized carbons (Fsp3) is 0.217. The zero-order chi connectivity index (χ0) is 18.1. The zero-order valence-electron chi connectivity index (χ0n) is 15.1. The van der Waals surface area contributed by atoms with E-state index in [2.05, 4.69) is 13.8 Å². The maximum Gasteiger partial charge on any atom is 0.189 e. The zero-order valence-corrected chi connectivity index (χ0v) is 15.1. The Morgan fingerprint density at radius 3 is 2.54 bits per heavy atom. The largest absolute Gasteiger partial charge is 0.289 e. The second-order valence-electron chi connectivity index (χ2n) is 7.24. The van der Waals surface area contributed by atoms with Crippen molar-refractivity contribution in [3.05, 3.63) is 88.8 Å². The van der Waals surface area contributed by atoms with Crippen molar-refractivity contribution in [3.63, 3.8) is 0 Å². The van der Waals surface area contributed by atoms with Crippen molar-refractivity contribution in [3.8, 4) is 5.69 Å². The van der Waals surface area contributed by atoms with Gasteiger partial charge in [-0.25, -0.2) is 4.68 Å². The number of fused-ring (bicyclic) bond motifs is 1. The lowest BCUT2D eigenvalue weighted by molar-refractivity contribution is 0.104. The molecule has 1 aliphatic carbocycles. The van der Waals surface area contributed by atoms with E-state index in [-0.39, 0.29) is 5.78 Å². The van der Waals surface area contributed by atoms with E-state index in [1.54, 1.807) is 0 Å². The van der Waals surface area contributed by atoms with E-state index in [1.165, 1.54) is 0 Å². The van der Waals surface area contributed by atoms with E-state index in [9.17, 15) is 4.79 Å². The van der Waals surface area contributed by atoms with Crippen LogP contribution in [0.4, 0.5) is 0 Å². The van der Waals surface area contributed by atoms with Crippen LogP contribution in [-0.2, 0) is 12.8 Å². The van der Waals surface area contributed by atoms with Crippen LogP contribution in [0.1, 0.15) is 41.0 Å². The smallest absolute Gasteiger partial charge is 0.189 e. The van der Waals surface area contributed by atoms with E-state index < -0.39 is 0 Å². The molecule has 3 heteroatoms. The second-order valence-corrected chi connectivity index (χ2v) is 7.24. The molecule has 0 spiro atoms. The highest BCUT2D eigenvalue weighted by molar-refractivity contribution is 6.15. The molecule has 0 N–H and O–H groups in total. The normalized spacial score (nSPS) is 15.0. The monoisotopic (exact) mass is 342 g/mol. The fourth-order valence-electron chi connectivity index (χ4n) is 3.46. The molecule has 0 fully saturated rings. The van der Waals surface area contributed by atoms with E-state index in [1.807, 2.05) is 71.6 Å². The molecule has 0 atom stereocenters. The molecule has 0 saturated heterocycles. The standard InChI is InChI=1S/C23H22N2O/c1-16(2)12-22-19(15-25(24-22)20-9-4-3-5-10-20)14-18-13-17-8-6-7-11-21(17)23(18)26/h3-11,14-16H,12-13H2,1-2H3. The quantitative estimate of drug-likeness (QED) is 0.633. The predicted octanol–water partition coefficient (Wildman–Crippen LogP) is 4.89. The minimum Gasteiger partial charge on any atom is -0.289 e. The molecule has 1 heterocycles. The van der Waals surface area contributed by atoms with Gasteiger partial charge < -0.3 is 0 Å². The van der Waals surface area contributed by atoms with Crippen LogP contribution in [0, 0.1) is 5.92 Å². The highest BCUT2D eigenvalue weighted by Gasteiger charge is 2.24. The van der Waals surface area contributed by atoms with E-state index in [0.29, 0.717) is 12.3 Å². The van der Waals surface area contributed by atoms with Crippen LogP contribution in [0.5, 0.6) is 0 Å². The third kappa shape index (κ3) is 3.13. The van der Waals surface area contributed by atoms with Gasteiger partial charge in [-0.15, -0.1) is 0 Å². The molecule has 3 aromatic rings. The van der Waals surface area contributed by atoms with Crippen molar-refractivity contribution < 1.29 is 4.79 Å². The first-order valence-corrected chi connectivity index (χ1v) is 9.09. The number of para-hydroxylation sites is 1. The molecule has 130 valence electrons. The Kier molecular flexibility index (Phi) is 4.29. The Labute approximate surface area is 154 Å². The lowest BCUT2D eigenvalue weighted by atomic mass is 10.0. The van der Waals surface area contributed by atoms with Gasteiger partial charge in [0.05, 0.1) is 11.4 Å². The molecule has 0 bridgehead atoms. The van der Waals surface area contributed by atoms with Gasteiger partial charge in [0.2, 0.25) is 0 Å². The molecular formula is C23H22N2O. The van der Waals surface area contributed by atoms with Crippen molar-refractivity contribution >= 4 is 11.9 Å². The molecule has 2 aromatic carbocycles. The third-order valence-corrected chi connectivity index (χ3v) is 4.71. The van der Waals surface area contributed by atoms with Crippen LogP contribution in [-0.4, -0.2) is 15.6 Å². The molecule has 3 nitrogen and oxygen atoms in total. The number of hydrogen-bond acceptors (Lipinski definition) is 2. The van der Waals surface area contributed by atoms with Crippen LogP contribution in [0.2, 0.25) is 0 Å². The molecule has 0 amide bonds. The first kappa shape index (κ1) is 16.5. The molecule has 1 aromatic heterocycles. The van der Waals surface area contributed by atoms with Gasteiger partial charge in [0.1, 0.15) is 0 Å². The SMILES string of the molecule is CC(C)Cc1nn(-c2ccccc2)cc1C=C1Cc2ccccc2C1=O. The molecule has 4 rings (SSSR count). The van der Waals surface area contributed by atoms with E-state index in [4.69, 9.17) is 5.10 Å². The Morgan fingerprint density at radius 2 is 1.81 bits per heavy atom. The van der Waals surface area contributed by atoms with Gasteiger partial charge in [-0.2, -0.15) is 5.10 Å². The molecule has 1 aliphatic rings. The molecule has 0 unspecified atom stereocenters. The second kappa shape index (κ2) is 6.75. The number of carbonyl (C=O) groups is 1. The summed E-state index contributed by atoms with van der Waals surface area (Å²) < 4.78 is 1.91. The van der Waals surface area contributed by atoms with Crippen LogP contribution in [0.3, 0.4) is 0 Å². The third-order valence-electron chi connectivity index (χ3n) is 4.71. The van der Waals surface area contributed by atoms with Gasteiger partial charge in [-0.1, -0.05) is 56.3 Å². The van der Waals surface area contributed by atoms with Gasteiger partial charge in [0, 0.05) is 29.3 Å². The topological polar surface area (TPSA) is 34.9 Å². The predicted molar refractivity (Wildman–Crippen MR) is 105 cm³/mol. The van der Waals surface area contributed by atoms with Gasteiger partial charge in [0.15, 0.2) is 5.78 Å². The Morgan fingerprint density at radius 1 is 1.08 bits per heavy atom. The summed E-state index contributed by atoms with van der Waals surface area (Å²) in [5, 5.41) is 4.80. The number of nitrogens with zero attached hydrogens (tertiary/aromatic N) is 2. The van der Waals surface area contributed by atoms with Crippen molar-refractivity contribution in [2.24, 2.45) is 5.92 Å². The summed E-state index contributed by atoms with van der Waals surface area (Å²) in [5.74, 6) is 0.645. The number of allylic oxidation sites excluding steroid dienone is 1. The first-order chi connectivity index (χ1) is 12.6. The first-order valence-electron chi connectivity index (χ1n) is 9.09. The maximum atomic E-state index is 12.7. The van der Waals surface area contributed by atoms with E-state index >= 15 is 0 Å². The minimum atomic E-state index is 0.142. The van der Waals surface area contributed by atoms with Crippen LogP contribution in [0.25, 0.3) is 11.8 Å². The van der Waals surface area contributed by atoms with Gasteiger partial charge >= 0.3 is 0 Å². The number of hydrogen-bond donors (Lipinski definition) is 0. The van der Waals surface area contributed by atoms with Crippen LogP contribution < -0.4 is 0 Å². The lowest BCUT2D eigenvalue weighted by Gasteiger charge is -2.03. The summed E-state index contributed by atoms with van der Waals surface area (Å²) in [7, 11) is 0. The summed E-state index contributed by atoms with van der Waals surface area (Å²) >= 11 is 0. The number of rotatable bonds is 4. The highest BCUT2D eigenvalue weighted by atomic mass is 16.1. The Balaban J connectivity index is 1.74. The summed E-state index contributed by atoms with van der Waals surface area (Å²) in [5.41, 5.74) is 5.91. The molecule has 0 saturated carbocycles.